The second-order valence-electron chi connectivity index (χ2n) is 7.46. The van der Waals surface area contributed by atoms with Crippen molar-refractivity contribution in [2.75, 3.05) is 19.0 Å². The fourth-order valence-corrected chi connectivity index (χ4v) is 3.44. The standard InChI is InChI=1S/C23H23N3O6/c1-14-4-6-17(15(2)10-14)25-22(29)23(13-21(27)28)12-18(26-32-23)16-5-7-19(31-9-8-24)20(11-16)30-3/h4-7,10-11H,9,12-13H2,1-3H3,(H,25,29)(H,27,28). The van der Waals surface area contributed by atoms with Crippen molar-refractivity contribution >= 4 is 23.3 Å². The first-order valence-corrected chi connectivity index (χ1v) is 9.81. The summed E-state index contributed by atoms with van der Waals surface area (Å²) in [5, 5.41) is 24.9. The van der Waals surface area contributed by atoms with Gasteiger partial charge in [0.25, 0.3) is 5.91 Å². The number of carboxylic acid groups (broad SMARTS) is 1. The van der Waals surface area contributed by atoms with Gasteiger partial charge in [-0.3, -0.25) is 9.59 Å². The third-order valence-corrected chi connectivity index (χ3v) is 5.05. The maximum Gasteiger partial charge on any atom is 0.308 e. The number of aliphatic carboxylic acids is 1. The van der Waals surface area contributed by atoms with Crippen molar-refractivity contribution in [3.8, 4) is 17.6 Å². The van der Waals surface area contributed by atoms with Crippen molar-refractivity contribution in [2.45, 2.75) is 32.3 Å². The molecule has 0 fully saturated rings. The largest absolute Gasteiger partial charge is 0.493 e. The molecule has 3 rings (SSSR count). The van der Waals surface area contributed by atoms with Crippen molar-refractivity contribution in [3.63, 3.8) is 0 Å². The molecule has 9 nitrogen and oxygen atoms in total. The number of nitrogens with one attached hydrogen (secondary N) is 1. The van der Waals surface area contributed by atoms with Crippen LogP contribution in [0.15, 0.2) is 41.6 Å². The number of carbonyl (C=O) groups excluding carboxylic acids is 1. The Morgan fingerprint density at radius 3 is 2.69 bits per heavy atom. The summed E-state index contributed by atoms with van der Waals surface area (Å²) in [5.74, 6) is -1.03. The third-order valence-electron chi connectivity index (χ3n) is 5.05. The Kier molecular flexibility index (Phi) is 6.64. The van der Waals surface area contributed by atoms with E-state index in [0.29, 0.717) is 28.5 Å². The van der Waals surface area contributed by atoms with E-state index >= 15 is 0 Å². The number of carboxylic acids is 1. The molecule has 1 heterocycles. The molecule has 1 aliphatic heterocycles. The summed E-state index contributed by atoms with van der Waals surface area (Å²) in [6.45, 7) is 3.65. The van der Waals surface area contributed by atoms with Crippen molar-refractivity contribution in [1.82, 2.24) is 0 Å². The second-order valence-corrected chi connectivity index (χ2v) is 7.46. The molecule has 32 heavy (non-hydrogen) atoms. The first-order valence-electron chi connectivity index (χ1n) is 9.81. The normalized spacial score (nSPS) is 17.0. The molecular weight excluding hydrogens is 414 g/mol. The number of oxime groups is 1. The predicted molar refractivity (Wildman–Crippen MR) is 116 cm³/mol. The molecule has 0 saturated heterocycles. The van der Waals surface area contributed by atoms with Crippen LogP contribution < -0.4 is 14.8 Å². The van der Waals surface area contributed by atoms with E-state index in [1.807, 2.05) is 32.0 Å². The molecule has 1 atom stereocenters. The number of anilines is 1. The zero-order chi connectivity index (χ0) is 23.3. The fourth-order valence-electron chi connectivity index (χ4n) is 3.44. The molecule has 166 valence electrons. The molecule has 1 unspecified atom stereocenters. The molecule has 1 aliphatic rings. The van der Waals surface area contributed by atoms with Gasteiger partial charge in [-0.1, -0.05) is 22.9 Å². The van der Waals surface area contributed by atoms with Crippen LogP contribution in [0.3, 0.4) is 0 Å². The van der Waals surface area contributed by atoms with Gasteiger partial charge in [-0.2, -0.15) is 5.26 Å². The number of carbonyl (C=O) groups is 2. The predicted octanol–water partition coefficient (Wildman–Crippen LogP) is 3.19. The zero-order valence-corrected chi connectivity index (χ0v) is 18.0. The molecule has 0 saturated carbocycles. The number of rotatable bonds is 8. The quantitative estimate of drug-likeness (QED) is 0.648. The van der Waals surface area contributed by atoms with Gasteiger partial charge in [0.2, 0.25) is 5.60 Å². The van der Waals surface area contributed by atoms with Gasteiger partial charge in [-0.25, -0.2) is 0 Å². The molecule has 0 aromatic heterocycles. The average molecular weight is 437 g/mol. The van der Waals surface area contributed by atoms with Crippen LogP contribution in [0.2, 0.25) is 0 Å². The van der Waals surface area contributed by atoms with E-state index in [0.717, 1.165) is 11.1 Å². The monoisotopic (exact) mass is 437 g/mol. The summed E-state index contributed by atoms with van der Waals surface area (Å²) in [6.07, 6.45) is -0.602. The number of hydrogen-bond donors (Lipinski definition) is 2. The number of methoxy groups -OCH3 is 1. The number of ether oxygens (including phenoxy) is 2. The lowest BCUT2D eigenvalue weighted by Crippen LogP contribution is -2.45. The van der Waals surface area contributed by atoms with E-state index in [1.165, 1.54) is 7.11 Å². The van der Waals surface area contributed by atoms with Gasteiger partial charge in [0, 0.05) is 17.7 Å². The Morgan fingerprint density at radius 2 is 2.03 bits per heavy atom. The Morgan fingerprint density at radius 1 is 1.25 bits per heavy atom. The topological polar surface area (TPSA) is 130 Å². The highest BCUT2D eigenvalue weighted by atomic mass is 16.7. The van der Waals surface area contributed by atoms with Gasteiger partial charge < -0.3 is 24.7 Å². The summed E-state index contributed by atoms with van der Waals surface area (Å²) >= 11 is 0. The van der Waals surface area contributed by atoms with Crippen LogP contribution in [0.5, 0.6) is 11.5 Å². The Labute approximate surface area is 185 Å². The van der Waals surface area contributed by atoms with Crippen LogP contribution in [0.1, 0.15) is 29.5 Å². The minimum absolute atomic E-state index is 0.0441. The number of hydrogen-bond acceptors (Lipinski definition) is 7. The van der Waals surface area contributed by atoms with Gasteiger partial charge in [0.1, 0.15) is 6.07 Å². The number of nitrogens with zero attached hydrogens (tertiary/aromatic N) is 2. The summed E-state index contributed by atoms with van der Waals surface area (Å²) < 4.78 is 10.6. The maximum atomic E-state index is 13.1. The minimum Gasteiger partial charge on any atom is -0.493 e. The summed E-state index contributed by atoms with van der Waals surface area (Å²) in [7, 11) is 1.46. The van der Waals surface area contributed by atoms with Gasteiger partial charge >= 0.3 is 5.97 Å². The number of benzene rings is 2. The molecule has 0 aliphatic carbocycles. The lowest BCUT2D eigenvalue weighted by molar-refractivity contribution is -0.152. The maximum absolute atomic E-state index is 13.1. The van der Waals surface area contributed by atoms with Crippen LogP contribution in [-0.4, -0.2) is 42.0 Å². The van der Waals surface area contributed by atoms with Crippen LogP contribution in [0.4, 0.5) is 5.69 Å². The molecule has 0 bridgehead atoms. The van der Waals surface area contributed by atoms with Gasteiger partial charge in [0.05, 0.1) is 19.2 Å². The molecular formula is C23H23N3O6. The van der Waals surface area contributed by atoms with Crippen LogP contribution >= 0.6 is 0 Å². The first kappa shape index (κ1) is 22.6. The van der Waals surface area contributed by atoms with E-state index < -0.39 is 23.9 Å². The van der Waals surface area contributed by atoms with Crippen molar-refractivity contribution in [1.29, 1.82) is 5.26 Å². The Bertz CT molecular complexity index is 1120. The molecule has 1 amide bonds. The Hall–Kier alpha value is -4.06. The van der Waals surface area contributed by atoms with Crippen molar-refractivity contribution in [3.05, 3.63) is 53.1 Å². The van der Waals surface area contributed by atoms with E-state index in [9.17, 15) is 14.7 Å². The van der Waals surface area contributed by atoms with Crippen LogP contribution in [-0.2, 0) is 14.4 Å². The molecule has 0 radical (unpaired) electrons. The number of amides is 1. The number of aryl methyl sites for hydroxylation is 2. The smallest absolute Gasteiger partial charge is 0.308 e. The second kappa shape index (κ2) is 9.39. The first-order chi connectivity index (χ1) is 15.3. The highest BCUT2D eigenvalue weighted by Gasteiger charge is 2.49. The lowest BCUT2D eigenvalue weighted by atomic mass is 9.89. The van der Waals surface area contributed by atoms with E-state index in [-0.39, 0.29) is 13.0 Å². The van der Waals surface area contributed by atoms with E-state index in [2.05, 4.69) is 10.5 Å². The molecule has 2 N–H and O–H groups in total. The molecule has 2 aromatic rings. The summed E-state index contributed by atoms with van der Waals surface area (Å²) in [5.41, 5.74) is 1.75. The van der Waals surface area contributed by atoms with Gasteiger partial charge in [0.15, 0.2) is 18.1 Å². The van der Waals surface area contributed by atoms with Gasteiger partial charge in [-0.15, -0.1) is 0 Å². The summed E-state index contributed by atoms with van der Waals surface area (Å²) in [4.78, 5) is 30.1. The van der Waals surface area contributed by atoms with Crippen molar-refractivity contribution < 1.29 is 29.0 Å². The third kappa shape index (κ3) is 4.81. The molecule has 0 spiro atoms. The van der Waals surface area contributed by atoms with Gasteiger partial charge in [-0.05, 0) is 43.7 Å². The SMILES string of the molecule is COc1cc(C2=NOC(CC(=O)O)(C(=O)Nc3ccc(C)cc3C)C2)ccc1OCC#N. The minimum atomic E-state index is -1.69. The van der Waals surface area contributed by atoms with E-state index in [4.69, 9.17) is 19.6 Å². The van der Waals surface area contributed by atoms with E-state index in [1.54, 1.807) is 24.3 Å². The van der Waals surface area contributed by atoms with Crippen molar-refractivity contribution in [2.24, 2.45) is 5.16 Å². The lowest BCUT2D eigenvalue weighted by Gasteiger charge is -2.24. The summed E-state index contributed by atoms with van der Waals surface area (Å²) in [6, 6.07) is 12.3. The van der Waals surface area contributed by atoms with Crippen LogP contribution in [0.25, 0.3) is 0 Å². The highest BCUT2D eigenvalue weighted by molar-refractivity contribution is 6.09. The molecule has 9 heteroatoms. The highest BCUT2D eigenvalue weighted by Crippen LogP contribution is 2.35. The average Bonchev–Trinajstić information content (AvgIpc) is 3.18. The molecule has 2 aromatic carbocycles. The van der Waals surface area contributed by atoms with Crippen LogP contribution in [0, 0.1) is 25.2 Å². The fraction of sp³-hybridized carbons (Fsp3) is 0.304. The number of nitriles is 1. The Balaban J connectivity index is 1.85. The zero-order valence-electron chi connectivity index (χ0n) is 18.0.